The smallest absolute Gasteiger partial charge is 0.220 e. The molecular weight excluding hydrogens is 218 g/mol. The van der Waals surface area contributed by atoms with E-state index in [0.29, 0.717) is 16.5 Å². The van der Waals surface area contributed by atoms with Gasteiger partial charge < -0.3 is 9.52 Å². The van der Waals surface area contributed by atoms with E-state index >= 15 is 0 Å². The second-order valence-electron chi connectivity index (χ2n) is 3.15. The number of hydrogen-bond donors (Lipinski definition) is 1. The highest BCUT2D eigenvalue weighted by molar-refractivity contribution is 6.33. The zero-order valence-corrected chi connectivity index (χ0v) is 9.12. The molecule has 0 aliphatic rings. The van der Waals surface area contributed by atoms with Crippen LogP contribution in [0.1, 0.15) is 11.6 Å². The third kappa shape index (κ3) is 1.64. The maximum absolute atomic E-state index is 8.81. The molecule has 6 heteroatoms. The van der Waals surface area contributed by atoms with E-state index < -0.39 is 0 Å². The Labute approximate surface area is 91.3 Å². The number of aliphatic hydroxyl groups excluding tert-OH is 1. The third-order valence-electron chi connectivity index (χ3n) is 2.18. The lowest BCUT2D eigenvalue weighted by Gasteiger charge is -1.89. The first-order valence-electron chi connectivity index (χ1n) is 4.38. The first-order valence-corrected chi connectivity index (χ1v) is 4.76. The highest BCUT2D eigenvalue weighted by Crippen LogP contribution is 2.29. The van der Waals surface area contributed by atoms with Crippen molar-refractivity contribution < 1.29 is 9.52 Å². The first kappa shape index (κ1) is 10.2. The van der Waals surface area contributed by atoms with E-state index in [-0.39, 0.29) is 12.5 Å². The van der Waals surface area contributed by atoms with E-state index in [2.05, 4.69) is 10.1 Å². The molecule has 0 unspecified atom stereocenters. The van der Waals surface area contributed by atoms with E-state index in [1.807, 2.05) is 6.92 Å². The van der Waals surface area contributed by atoms with Crippen LogP contribution in [0.5, 0.6) is 0 Å². The normalized spacial score (nSPS) is 10.9. The molecule has 1 N–H and O–H groups in total. The topological polar surface area (TPSA) is 64.1 Å². The summed E-state index contributed by atoms with van der Waals surface area (Å²) >= 11 is 6.07. The third-order valence-corrected chi connectivity index (χ3v) is 2.64. The zero-order valence-electron chi connectivity index (χ0n) is 8.36. The number of aryl methyl sites for hydroxylation is 1. The van der Waals surface area contributed by atoms with Crippen LogP contribution in [0.15, 0.2) is 10.6 Å². The average molecular weight is 228 g/mol. The Kier molecular flexibility index (Phi) is 2.50. The summed E-state index contributed by atoms with van der Waals surface area (Å²) in [5.74, 6) is 0.720. The van der Waals surface area contributed by atoms with Crippen LogP contribution in [0, 0.1) is 6.92 Å². The van der Waals surface area contributed by atoms with Gasteiger partial charge in [-0.25, -0.2) is 4.98 Å². The largest absolute Gasteiger partial charge is 0.436 e. The molecule has 80 valence electrons. The van der Waals surface area contributed by atoms with Crippen molar-refractivity contribution in [2.45, 2.75) is 13.5 Å². The van der Waals surface area contributed by atoms with Crippen molar-refractivity contribution in [3.8, 4) is 11.5 Å². The molecule has 0 saturated carbocycles. The van der Waals surface area contributed by atoms with Gasteiger partial charge in [-0.15, -0.1) is 0 Å². The van der Waals surface area contributed by atoms with Crippen molar-refractivity contribution >= 4 is 11.6 Å². The number of aliphatic hydroxyl groups is 1. The Morgan fingerprint density at radius 1 is 1.60 bits per heavy atom. The minimum atomic E-state index is -0.233. The van der Waals surface area contributed by atoms with Crippen LogP contribution in [0.4, 0.5) is 0 Å². The molecule has 0 aliphatic heterocycles. The van der Waals surface area contributed by atoms with Crippen molar-refractivity contribution in [2.75, 3.05) is 0 Å². The predicted molar refractivity (Wildman–Crippen MR) is 54.4 cm³/mol. The van der Waals surface area contributed by atoms with Gasteiger partial charge in [-0.3, -0.25) is 4.68 Å². The SMILES string of the molecule is Cc1c(Cl)c(-c2cnc(CO)o2)nn1C. The lowest BCUT2D eigenvalue weighted by atomic mass is 10.3. The molecule has 0 amide bonds. The van der Waals surface area contributed by atoms with Crippen LogP contribution in [-0.2, 0) is 13.7 Å². The van der Waals surface area contributed by atoms with Crippen LogP contribution >= 0.6 is 11.6 Å². The van der Waals surface area contributed by atoms with E-state index in [1.165, 1.54) is 6.20 Å². The van der Waals surface area contributed by atoms with Gasteiger partial charge in [0.2, 0.25) is 5.89 Å². The monoisotopic (exact) mass is 227 g/mol. The fraction of sp³-hybridized carbons (Fsp3) is 0.333. The number of hydrogen-bond acceptors (Lipinski definition) is 4. The van der Waals surface area contributed by atoms with E-state index in [0.717, 1.165) is 5.69 Å². The van der Waals surface area contributed by atoms with Crippen molar-refractivity contribution in [3.05, 3.63) is 22.8 Å². The van der Waals surface area contributed by atoms with Gasteiger partial charge in [0.05, 0.1) is 16.9 Å². The minimum absolute atomic E-state index is 0.233. The van der Waals surface area contributed by atoms with Gasteiger partial charge in [-0.05, 0) is 6.92 Å². The van der Waals surface area contributed by atoms with Gasteiger partial charge in [-0.1, -0.05) is 11.6 Å². The zero-order chi connectivity index (χ0) is 11.0. The van der Waals surface area contributed by atoms with Crippen LogP contribution in [0.25, 0.3) is 11.5 Å². The standard InChI is InChI=1S/C9H10ClN3O2/c1-5-8(10)9(12-13(5)2)6-3-11-7(4-14)15-6/h3,14H,4H2,1-2H3. The number of aromatic nitrogens is 3. The van der Waals surface area contributed by atoms with Crippen LogP contribution in [0.2, 0.25) is 5.02 Å². The van der Waals surface area contributed by atoms with E-state index in [1.54, 1.807) is 11.7 Å². The Morgan fingerprint density at radius 3 is 2.80 bits per heavy atom. The molecule has 2 rings (SSSR count). The summed E-state index contributed by atoms with van der Waals surface area (Å²) < 4.78 is 6.91. The molecular formula is C9H10ClN3O2. The lowest BCUT2D eigenvalue weighted by Crippen LogP contribution is -1.92. The molecule has 0 bridgehead atoms. The maximum Gasteiger partial charge on any atom is 0.220 e. The molecule has 15 heavy (non-hydrogen) atoms. The summed E-state index contributed by atoms with van der Waals surface area (Å²) in [6.07, 6.45) is 1.50. The number of halogens is 1. The van der Waals surface area contributed by atoms with Crippen LogP contribution in [0.3, 0.4) is 0 Å². The number of oxazole rings is 1. The number of nitrogens with zero attached hydrogens (tertiary/aromatic N) is 3. The Hall–Kier alpha value is -1.33. The lowest BCUT2D eigenvalue weighted by molar-refractivity contribution is 0.241. The summed E-state index contributed by atoms with van der Waals surface area (Å²) in [5.41, 5.74) is 1.40. The molecule has 0 saturated heterocycles. The molecule has 2 aromatic heterocycles. The average Bonchev–Trinajstić information content (AvgIpc) is 2.79. The summed E-state index contributed by atoms with van der Waals surface area (Å²) in [7, 11) is 1.80. The van der Waals surface area contributed by atoms with E-state index in [9.17, 15) is 0 Å². The van der Waals surface area contributed by atoms with Gasteiger partial charge >= 0.3 is 0 Å². The van der Waals surface area contributed by atoms with Crippen LogP contribution < -0.4 is 0 Å². The molecule has 2 aromatic rings. The molecule has 0 spiro atoms. The predicted octanol–water partition coefficient (Wildman–Crippen LogP) is 1.53. The van der Waals surface area contributed by atoms with Gasteiger partial charge in [0.15, 0.2) is 5.76 Å². The Balaban J connectivity index is 2.49. The fourth-order valence-electron chi connectivity index (χ4n) is 1.23. The molecule has 5 nitrogen and oxygen atoms in total. The van der Waals surface area contributed by atoms with Crippen molar-refractivity contribution in [1.29, 1.82) is 0 Å². The van der Waals surface area contributed by atoms with Gasteiger partial charge in [0.25, 0.3) is 0 Å². The Morgan fingerprint density at radius 2 is 2.33 bits per heavy atom. The maximum atomic E-state index is 8.81. The van der Waals surface area contributed by atoms with Gasteiger partial charge in [0.1, 0.15) is 12.3 Å². The molecule has 0 aliphatic carbocycles. The second-order valence-corrected chi connectivity index (χ2v) is 3.53. The number of rotatable bonds is 2. The highest BCUT2D eigenvalue weighted by Gasteiger charge is 2.16. The summed E-state index contributed by atoms with van der Waals surface area (Å²) in [4.78, 5) is 3.87. The highest BCUT2D eigenvalue weighted by atomic mass is 35.5. The van der Waals surface area contributed by atoms with Crippen molar-refractivity contribution in [2.24, 2.45) is 7.05 Å². The Bertz CT molecular complexity index is 490. The molecule has 0 aromatic carbocycles. The van der Waals surface area contributed by atoms with E-state index in [4.69, 9.17) is 21.1 Å². The van der Waals surface area contributed by atoms with Gasteiger partial charge in [-0.2, -0.15) is 5.10 Å². The summed E-state index contributed by atoms with van der Waals surface area (Å²) in [6.45, 7) is 1.63. The van der Waals surface area contributed by atoms with Crippen molar-refractivity contribution in [1.82, 2.24) is 14.8 Å². The molecule has 0 fully saturated rings. The molecule has 2 heterocycles. The second kappa shape index (κ2) is 3.67. The van der Waals surface area contributed by atoms with Crippen LogP contribution in [-0.4, -0.2) is 19.9 Å². The first-order chi connectivity index (χ1) is 7.13. The minimum Gasteiger partial charge on any atom is -0.436 e. The van der Waals surface area contributed by atoms with Gasteiger partial charge in [0, 0.05) is 7.05 Å². The molecule has 0 atom stereocenters. The summed E-state index contributed by atoms with van der Waals surface area (Å²) in [5, 5.41) is 13.5. The molecule has 0 radical (unpaired) electrons. The quantitative estimate of drug-likeness (QED) is 0.845. The fourth-order valence-corrected chi connectivity index (χ4v) is 1.49. The summed E-state index contributed by atoms with van der Waals surface area (Å²) in [6, 6.07) is 0. The van der Waals surface area contributed by atoms with Crippen molar-refractivity contribution in [3.63, 3.8) is 0 Å².